The number of aliphatic hydroxyl groups is 2. The number of Topliss-reactive ketones (excluding diaryl/α,β-unsaturated/α-hetero) is 1. The summed E-state index contributed by atoms with van der Waals surface area (Å²) in [5.74, 6) is -0.562. The van der Waals surface area contributed by atoms with Crippen LogP contribution in [0.4, 0.5) is 0 Å². The van der Waals surface area contributed by atoms with E-state index in [1.54, 1.807) is 12.1 Å². The molecule has 0 radical (unpaired) electrons. The highest BCUT2D eigenvalue weighted by Gasteiger charge is 2.44. The van der Waals surface area contributed by atoms with Gasteiger partial charge in [0.15, 0.2) is 5.78 Å². The molecule has 1 heterocycles. The predicted octanol–water partition coefficient (Wildman–Crippen LogP) is 5.31. The van der Waals surface area contributed by atoms with E-state index < -0.39 is 11.5 Å². The zero-order chi connectivity index (χ0) is 23.3. The molecule has 3 unspecified atom stereocenters. The Hall–Kier alpha value is -1.69. The van der Waals surface area contributed by atoms with E-state index in [1.165, 1.54) is 0 Å². The SMILES string of the molecule is CCCC(=O)/C(=C\c1cc(Cl)ccc1C)C(c1ccc(Cl)cc1)C1(O)CCNC(CO)C1. The van der Waals surface area contributed by atoms with Crippen molar-refractivity contribution in [1.29, 1.82) is 0 Å². The van der Waals surface area contributed by atoms with Gasteiger partial charge >= 0.3 is 0 Å². The Morgan fingerprint density at radius 1 is 1.22 bits per heavy atom. The molecule has 0 amide bonds. The molecule has 0 aliphatic carbocycles. The van der Waals surface area contributed by atoms with Crippen LogP contribution in [0.1, 0.15) is 55.2 Å². The minimum absolute atomic E-state index is 0.000619. The van der Waals surface area contributed by atoms with E-state index in [2.05, 4.69) is 5.32 Å². The van der Waals surface area contributed by atoms with Crippen molar-refractivity contribution in [1.82, 2.24) is 5.32 Å². The molecule has 0 bridgehead atoms. The first-order chi connectivity index (χ1) is 15.3. The first kappa shape index (κ1) is 24.9. The quantitative estimate of drug-likeness (QED) is 0.452. The number of halogens is 2. The number of benzene rings is 2. The first-order valence-corrected chi connectivity index (χ1v) is 11.9. The molecule has 4 nitrogen and oxygen atoms in total. The van der Waals surface area contributed by atoms with Gasteiger partial charge < -0.3 is 15.5 Å². The molecule has 1 fully saturated rings. The van der Waals surface area contributed by atoms with Crippen molar-refractivity contribution in [3.63, 3.8) is 0 Å². The number of carbonyl (C=O) groups is 1. The fraction of sp³-hybridized carbons (Fsp3) is 0.423. The molecular formula is C26H31Cl2NO3. The van der Waals surface area contributed by atoms with Crippen LogP contribution in [0, 0.1) is 6.92 Å². The third-order valence-corrected chi connectivity index (χ3v) is 6.70. The van der Waals surface area contributed by atoms with Crippen LogP contribution in [0.25, 0.3) is 6.08 Å². The second-order valence-electron chi connectivity index (χ2n) is 8.65. The number of aryl methyl sites for hydroxylation is 1. The molecule has 1 saturated heterocycles. The highest BCUT2D eigenvalue weighted by atomic mass is 35.5. The summed E-state index contributed by atoms with van der Waals surface area (Å²) in [7, 11) is 0. The average molecular weight is 476 g/mol. The molecule has 6 heteroatoms. The maximum atomic E-state index is 13.5. The van der Waals surface area contributed by atoms with E-state index in [1.807, 2.05) is 50.3 Å². The maximum absolute atomic E-state index is 13.5. The Labute approximate surface area is 200 Å². The number of hydrogen-bond donors (Lipinski definition) is 3. The summed E-state index contributed by atoms with van der Waals surface area (Å²) in [6.45, 7) is 4.42. The standard InChI is InChI=1S/C26H31Cl2NO3/c1-3-4-24(31)23(14-19-13-21(28)8-5-17(19)2)25(18-6-9-20(27)10-7-18)26(32)11-12-29-22(15-26)16-30/h5-10,13-14,22,25,29-30,32H,3-4,11-12,15-16H2,1-2H3/b23-14+. The minimum Gasteiger partial charge on any atom is -0.395 e. The Balaban J connectivity index is 2.21. The largest absolute Gasteiger partial charge is 0.395 e. The van der Waals surface area contributed by atoms with Gasteiger partial charge in [0.1, 0.15) is 0 Å². The van der Waals surface area contributed by atoms with Crippen LogP contribution >= 0.6 is 23.2 Å². The Bertz CT molecular complexity index is 974. The van der Waals surface area contributed by atoms with Gasteiger partial charge in [0.05, 0.1) is 12.2 Å². The molecule has 0 spiro atoms. The molecule has 3 atom stereocenters. The summed E-state index contributed by atoms with van der Waals surface area (Å²) in [5.41, 5.74) is 2.03. The topological polar surface area (TPSA) is 69.6 Å². The molecule has 32 heavy (non-hydrogen) atoms. The van der Waals surface area contributed by atoms with Crippen LogP contribution in [0.5, 0.6) is 0 Å². The smallest absolute Gasteiger partial charge is 0.159 e. The van der Waals surface area contributed by atoms with Gasteiger partial charge in [-0.1, -0.05) is 48.3 Å². The van der Waals surface area contributed by atoms with Crippen molar-refractivity contribution < 1.29 is 15.0 Å². The van der Waals surface area contributed by atoms with Crippen molar-refractivity contribution in [2.45, 2.75) is 57.1 Å². The third kappa shape index (κ3) is 5.81. The van der Waals surface area contributed by atoms with Crippen molar-refractivity contribution >= 4 is 35.1 Å². The molecule has 0 saturated carbocycles. The van der Waals surface area contributed by atoms with E-state index >= 15 is 0 Å². The second-order valence-corrected chi connectivity index (χ2v) is 9.52. The summed E-state index contributed by atoms with van der Waals surface area (Å²) in [5, 5.41) is 26.1. The zero-order valence-corrected chi connectivity index (χ0v) is 20.1. The van der Waals surface area contributed by atoms with E-state index in [9.17, 15) is 15.0 Å². The summed E-state index contributed by atoms with van der Waals surface area (Å²) in [6.07, 6.45) is 3.77. The Morgan fingerprint density at radius 3 is 2.56 bits per heavy atom. The summed E-state index contributed by atoms with van der Waals surface area (Å²) >= 11 is 12.4. The molecular weight excluding hydrogens is 445 g/mol. The highest BCUT2D eigenvalue weighted by molar-refractivity contribution is 6.31. The fourth-order valence-corrected chi connectivity index (χ4v) is 4.86. The van der Waals surface area contributed by atoms with E-state index in [0.717, 1.165) is 16.7 Å². The molecule has 1 aliphatic rings. The fourth-order valence-electron chi connectivity index (χ4n) is 4.55. The molecule has 1 aliphatic heterocycles. The lowest BCUT2D eigenvalue weighted by molar-refractivity contribution is -0.117. The predicted molar refractivity (Wildman–Crippen MR) is 131 cm³/mol. The number of aliphatic hydroxyl groups excluding tert-OH is 1. The van der Waals surface area contributed by atoms with Crippen LogP contribution in [-0.4, -0.2) is 40.8 Å². The third-order valence-electron chi connectivity index (χ3n) is 6.21. The van der Waals surface area contributed by atoms with Crippen LogP contribution < -0.4 is 5.32 Å². The Kier molecular flexibility index (Phi) is 8.54. The van der Waals surface area contributed by atoms with Gasteiger partial charge in [0.25, 0.3) is 0 Å². The minimum atomic E-state index is -1.20. The molecule has 0 aromatic heterocycles. The monoisotopic (exact) mass is 475 g/mol. The number of hydrogen-bond acceptors (Lipinski definition) is 4. The zero-order valence-electron chi connectivity index (χ0n) is 18.6. The van der Waals surface area contributed by atoms with E-state index in [-0.39, 0.29) is 18.4 Å². The van der Waals surface area contributed by atoms with Gasteiger partial charge in [0, 0.05) is 34.0 Å². The van der Waals surface area contributed by atoms with Crippen LogP contribution in [-0.2, 0) is 4.79 Å². The summed E-state index contributed by atoms with van der Waals surface area (Å²) in [6, 6.07) is 12.7. The number of ketones is 1. The number of nitrogens with one attached hydrogen (secondary N) is 1. The Morgan fingerprint density at radius 2 is 1.91 bits per heavy atom. The van der Waals surface area contributed by atoms with Gasteiger partial charge in [-0.15, -0.1) is 0 Å². The molecule has 172 valence electrons. The lowest BCUT2D eigenvalue weighted by Crippen LogP contribution is -2.53. The van der Waals surface area contributed by atoms with E-state index in [0.29, 0.717) is 47.8 Å². The number of carbonyl (C=O) groups excluding carboxylic acids is 1. The van der Waals surface area contributed by atoms with Crippen molar-refractivity contribution in [3.05, 3.63) is 74.8 Å². The number of piperidine rings is 1. The first-order valence-electron chi connectivity index (χ1n) is 11.1. The molecule has 3 rings (SSSR count). The van der Waals surface area contributed by atoms with Gasteiger partial charge in [-0.2, -0.15) is 0 Å². The lowest BCUT2D eigenvalue weighted by atomic mass is 9.69. The highest BCUT2D eigenvalue weighted by Crippen LogP contribution is 2.43. The number of rotatable bonds is 8. The summed E-state index contributed by atoms with van der Waals surface area (Å²) < 4.78 is 0. The van der Waals surface area contributed by atoms with Crippen LogP contribution in [0.3, 0.4) is 0 Å². The molecule has 3 N–H and O–H groups in total. The lowest BCUT2D eigenvalue weighted by Gasteiger charge is -2.43. The van der Waals surface area contributed by atoms with Crippen molar-refractivity contribution in [3.8, 4) is 0 Å². The normalized spacial score (nSPS) is 22.6. The van der Waals surface area contributed by atoms with E-state index in [4.69, 9.17) is 23.2 Å². The second kappa shape index (κ2) is 11.0. The summed E-state index contributed by atoms with van der Waals surface area (Å²) in [4.78, 5) is 13.5. The maximum Gasteiger partial charge on any atom is 0.159 e. The average Bonchev–Trinajstić information content (AvgIpc) is 2.77. The van der Waals surface area contributed by atoms with Gasteiger partial charge in [0.2, 0.25) is 0 Å². The van der Waals surface area contributed by atoms with Crippen molar-refractivity contribution in [2.24, 2.45) is 0 Å². The van der Waals surface area contributed by atoms with Crippen LogP contribution in [0.15, 0.2) is 48.0 Å². The van der Waals surface area contributed by atoms with Gasteiger partial charge in [-0.3, -0.25) is 4.79 Å². The van der Waals surface area contributed by atoms with Gasteiger partial charge in [-0.05, 0) is 79.8 Å². The van der Waals surface area contributed by atoms with Gasteiger partial charge in [-0.25, -0.2) is 0 Å². The van der Waals surface area contributed by atoms with Crippen molar-refractivity contribution in [2.75, 3.05) is 13.2 Å². The van der Waals surface area contributed by atoms with Crippen LogP contribution in [0.2, 0.25) is 10.0 Å². The molecule has 2 aromatic rings. The molecule has 2 aromatic carbocycles.